The molecular weight excluding hydrogens is 172 g/mol. The van der Waals surface area contributed by atoms with Crippen molar-refractivity contribution in [2.24, 2.45) is 11.8 Å². The summed E-state index contributed by atoms with van der Waals surface area (Å²) in [5.41, 5.74) is 0. The Morgan fingerprint density at radius 1 is 1.38 bits per heavy atom. The minimum atomic E-state index is -2.48. The third kappa shape index (κ3) is 3.22. The quantitative estimate of drug-likeness (QED) is 0.660. The molecule has 0 unspecified atom stereocenters. The Morgan fingerprint density at radius 3 is 2.31 bits per heavy atom. The molecule has 0 atom stereocenters. The van der Waals surface area contributed by atoms with Crippen LogP contribution in [-0.4, -0.2) is 30.5 Å². The number of hydrogen-bond donors (Lipinski definition) is 0. The van der Waals surface area contributed by atoms with Crippen LogP contribution in [0.15, 0.2) is 0 Å². The van der Waals surface area contributed by atoms with E-state index in [2.05, 4.69) is 18.7 Å². The first-order valence-electron chi connectivity index (χ1n) is 4.99. The van der Waals surface area contributed by atoms with Crippen LogP contribution < -0.4 is 0 Å². The lowest BCUT2D eigenvalue weighted by Crippen LogP contribution is -2.53. The van der Waals surface area contributed by atoms with E-state index in [-0.39, 0.29) is 0 Å². The number of hydrogen-bond acceptors (Lipinski definition) is 1. The van der Waals surface area contributed by atoms with E-state index >= 15 is 0 Å². The van der Waals surface area contributed by atoms with E-state index in [4.69, 9.17) is 0 Å². The van der Waals surface area contributed by atoms with E-state index < -0.39 is 11.8 Å². The summed E-state index contributed by atoms with van der Waals surface area (Å²) < 4.78 is 25.4. The standard InChI is InChI=1S/C10H19F2N/c1-8(2)4-5-13-6-9(7-13)10(3,11)12/h8-9H,4-7H2,1-3H3. The second-order valence-electron chi connectivity index (χ2n) is 4.60. The van der Waals surface area contributed by atoms with Crippen LogP contribution in [0.2, 0.25) is 0 Å². The van der Waals surface area contributed by atoms with Gasteiger partial charge < -0.3 is 4.90 Å². The number of rotatable bonds is 4. The summed E-state index contributed by atoms with van der Waals surface area (Å²) in [4.78, 5) is 2.11. The molecule has 0 saturated carbocycles. The Bertz CT molecular complexity index is 157. The maximum atomic E-state index is 12.7. The summed E-state index contributed by atoms with van der Waals surface area (Å²) in [5, 5.41) is 0. The highest BCUT2D eigenvalue weighted by molar-refractivity contribution is 4.87. The highest BCUT2D eigenvalue weighted by Crippen LogP contribution is 2.31. The summed E-state index contributed by atoms with van der Waals surface area (Å²) in [6.07, 6.45) is 1.11. The lowest BCUT2D eigenvalue weighted by Gasteiger charge is -2.42. The van der Waals surface area contributed by atoms with Crippen LogP contribution in [-0.2, 0) is 0 Å². The second-order valence-corrected chi connectivity index (χ2v) is 4.60. The van der Waals surface area contributed by atoms with Gasteiger partial charge >= 0.3 is 0 Å². The molecule has 0 bridgehead atoms. The van der Waals surface area contributed by atoms with Gasteiger partial charge in [-0.05, 0) is 25.8 Å². The largest absolute Gasteiger partial charge is 0.302 e. The molecule has 3 heteroatoms. The van der Waals surface area contributed by atoms with E-state index in [1.165, 1.54) is 0 Å². The highest BCUT2D eigenvalue weighted by Gasteiger charge is 2.42. The number of halogens is 2. The fraction of sp³-hybridized carbons (Fsp3) is 1.00. The van der Waals surface area contributed by atoms with Gasteiger partial charge in [-0.15, -0.1) is 0 Å². The maximum Gasteiger partial charge on any atom is 0.250 e. The summed E-state index contributed by atoms with van der Waals surface area (Å²) >= 11 is 0. The van der Waals surface area contributed by atoms with E-state index in [0.717, 1.165) is 19.9 Å². The van der Waals surface area contributed by atoms with Gasteiger partial charge in [0, 0.05) is 19.0 Å². The average Bonchev–Trinajstić information content (AvgIpc) is 1.79. The SMILES string of the molecule is CC(C)CCN1CC(C(C)(F)F)C1. The zero-order valence-corrected chi connectivity index (χ0v) is 8.69. The van der Waals surface area contributed by atoms with E-state index in [0.29, 0.717) is 19.0 Å². The van der Waals surface area contributed by atoms with Crippen LogP contribution in [0.3, 0.4) is 0 Å². The smallest absolute Gasteiger partial charge is 0.250 e. The van der Waals surface area contributed by atoms with Gasteiger partial charge in [-0.2, -0.15) is 0 Å². The van der Waals surface area contributed by atoms with E-state index in [1.807, 2.05) is 0 Å². The van der Waals surface area contributed by atoms with E-state index in [9.17, 15) is 8.78 Å². The molecule has 0 aliphatic carbocycles. The zero-order chi connectivity index (χ0) is 10.1. The van der Waals surface area contributed by atoms with Gasteiger partial charge in [0.05, 0.1) is 0 Å². The zero-order valence-electron chi connectivity index (χ0n) is 8.69. The van der Waals surface area contributed by atoms with Gasteiger partial charge in [0.25, 0.3) is 5.92 Å². The van der Waals surface area contributed by atoms with Gasteiger partial charge in [-0.3, -0.25) is 0 Å². The first kappa shape index (κ1) is 10.9. The van der Waals surface area contributed by atoms with Crippen LogP contribution >= 0.6 is 0 Å². The van der Waals surface area contributed by atoms with Crippen LogP contribution in [0, 0.1) is 11.8 Å². The molecule has 1 saturated heterocycles. The molecule has 1 rings (SSSR count). The molecule has 78 valence electrons. The molecule has 1 nitrogen and oxygen atoms in total. The summed E-state index contributed by atoms with van der Waals surface area (Å²) in [7, 11) is 0. The Balaban J connectivity index is 2.12. The van der Waals surface area contributed by atoms with Gasteiger partial charge in [-0.25, -0.2) is 8.78 Å². The Morgan fingerprint density at radius 2 is 1.92 bits per heavy atom. The molecule has 1 aliphatic heterocycles. The molecule has 0 aromatic heterocycles. The van der Waals surface area contributed by atoms with Crippen LogP contribution in [0.1, 0.15) is 27.2 Å². The predicted octanol–water partition coefficient (Wildman–Crippen LogP) is 2.62. The first-order chi connectivity index (χ1) is 5.89. The van der Waals surface area contributed by atoms with Crippen molar-refractivity contribution in [3.05, 3.63) is 0 Å². The maximum absolute atomic E-state index is 12.7. The number of likely N-dealkylation sites (tertiary alicyclic amines) is 1. The number of alkyl halides is 2. The fourth-order valence-corrected chi connectivity index (χ4v) is 1.51. The second kappa shape index (κ2) is 3.91. The third-order valence-corrected chi connectivity index (χ3v) is 2.70. The highest BCUT2D eigenvalue weighted by atomic mass is 19.3. The third-order valence-electron chi connectivity index (χ3n) is 2.70. The van der Waals surface area contributed by atoms with Crippen molar-refractivity contribution in [3.8, 4) is 0 Å². The Hall–Kier alpha value is -0.180. The molecule has 0 spiro atoms. The molecule has 1 heterocycles. The Kier molecular flexibility index (Phi) is 3.28. The van der Waals surface area contributed by atoms with Gasteiger partial charge in [-0.1, -0.05) is 13.8 Å². The topological polar surface area (TPSA) is 3.24 Å². The van der Waals surface area contributed by atoms with Gasteiger partial charge in [0.15, 0.2) is 0 Å². The van der Waals surface area contributed by atoms with Crippen LogP contribution in [0.25, 0.3) is 0 Å². The van der Waals surface area contributed by atoms with Crippen molar-refractivity contribution in [1.82, 2.24) is 4.90 Å². The van der Waals surface area contributed by atoms with Crippen LogP contribution in [0.5, 0.6) is 0 Å². The van der Waals surface area contributed by atoms with Crippen LogP contribution in [0.4, 0.5) is 8.78 Å². The minimum absolute atomic E-state index is 0.403. The molecule has 1 fully saturated rings. The monoisotopic (exact) mass is 191 g/mol. The molecule has 0 amide bonds. The summed E-state index contributed by atoms with van der Waals surface area (Å²) in [6.45, 7) is 7.48. The molecule has 0 radical (unpaired) electrons. The van der Waals surface area contributed by atoms with Crippen molar-refractivity contribution in [2.75, 3.05) is 19.6 Å². The van der Waals surface area contributed by atoms with Crippen molar-refractivity contribution >= 4 is 0 Å². The minimum Gasteiger partial charge on any atom is -0.302 e. The summed E-state index contributed by atoms with van der Waals surface area (Å²) in [6, 6.07) is 0. The number of nitrogens with zero attached hydrogens (tertiary/aromatic N) is 1. The molecule has 0 aromatic carbocycles. The van der Waals surface area contributed by atoms with Gasteiger partial charge in [0.1, 0.15) is 0 Å². The van der Waals surface area contributed by atoms with Crippen molar-refractivity contribution in [1.29, 1.82) is 0 Å². The summed E-state index contributed by atoms with van der Waals surface area (Å²) in [5.74, 6) is -2.21. The lowest BCUT2D eigenvalue weighted by molar-refractivity contribution is -0.104. The lowest BCUT2D eigenvalue weighted by atomic mass is 9.93. The molecule has 0 N–H and O–H groups in total. The van der Waals surface area contributed by atoms with Crippen molar-refractivity contribution in [2.45, 2.75) is 33.1 Å². The first-order valence-corrected chi connectivity index (χ1v) is 4.99. The molecule has 0 aromatic rings. The molecular formula is C10H19F2N. The Labute approximate surface area is 79.1 Å². The van der Waals surface area contributed by atoms with Gasteiger partial charge in [0.2, 0.25) is 0 Å². The van der Waals surface area contributed by atoms with E-state index in [1.54, 1.807) is 0 Å². The van der Waals surface area contributed by atoms with Crippen molar-refractivity contribution in [3.63, 3.8) is 0 Å². The predicted molar refractivity (Wildman–Crippen MR) is 50.0 cm³/mol. The normalized spacial score (nSPS) is 20.8. The van der Waals surface area contributed by atoms with Crippen molar-refractivity contribution < 1.29 is 8.78 Å². The average molecular weight is 191 g/mol. The fourth-order valence-electron chi connectivity index (χ4n) is 1.51. The molecule has 13 heavy (non-hydrogen) atoms. The molecule has 1 aliphatic rings.